The highest BCUT2D eigenvalue weighted by molar-refractivity contribution is 5.93. The Labute approximate surface area is 81.8 Å². The summed E-state index contributed by atoms with van der Waals surface area (Å²) in [6.07, 6.45) is 3.96. The Balaban J connectivity index is 2.60. The number of hydrogen-bond acceptors (Lipinski definition) is 1. The second-order valence-corrected chi connectivity index (χ2v) is 3.57. The van der Waals surface area contributed by atoms with E-state index in [4.69, 9.17) is 0 Å². The van der Waals surface area contributed by atoms with Crippen LogP contribution < -0.4 is 0 Å². The molecule has 0 aliphatic rings. The van der Waals surface area contributed by atoms with Gasteiger partial charge in [-0.15, -0.1) is 0 Å². The van der Waals surface area contributed by atoms with Gasteiger partial charge in [0.1, 0.15) is 0 Å². The molecule has 2 aromatic heterocycles. The van der Waals surface area contributed by atoms with Crippen molar-refractivity contribution in [3.05, 3.63) is 48.4 Å². The molecule has 0 spiro atoms. The summed E-state index contributed by atoms with van der Waals surface area (Å²) in [5.74, 6) is 0. The van der Waals surface area contributed by atoms with Crippen LogP contribution in [-0.4, -0.2) is 9.38 Å². The second-order valence-electron chi connectivity index (χ2n) is 3.57. The minimum Gasteiger partial charge on any atom is -0.307 e. The molecular weight excluding hydrogens is 172 g/mol. The van der Waals surface area contributed by atoms with E-state index in [1.165, 1.54) is 16.5 Å². The predicted octanol–water partition coefficient (Wildman–Crippen LogP) is 2.80. The van der Waals surface area contributed by atoms with Crippen LogP contribution in [0.4, 0.5) is 0 Å². The summed E-state index contributed by atoms with van der Waals surface area (Å²) >= 11 is 0. The monoisotopic (exact) mass is 182 g/mol. The quantitative estimate of drug-likeness (QED) is 0.522. The molecule has 14 heavy (non-hydrogen) atoms. The standard InChI is InChI=1S/C12H10N2/c1-9-6-12-10-4-2-3-5-11(10)13-8-14(12)7-9/h2-8H,1H3. The molecule has 1 aromatic carbocycles. The van der Waals surface area contributed by atoms with E-state index in [2.05, 4.69) is 34.6 Å². The Hall–Kier alpha value is -1.83. The first-order chi connectivity index (χ1) is 6.84. The fraction of sp³-hybridized carbons (Fsp3) is 0.0833. The van der Waals surface area contributed by atoms with Gasteiger partial charge < -0.3 is 4.40 Å². The summed E-state index contributed by atoms with van der Waals surface area (Å²) in [6, 6.07) is 10.4. The van der Waals surface area contributed by atoms with Gasteiger partial charge >= 0.3 is 0 Å². The molecule has 0 aliphatic heterocycles. The highest BCUT2D eigenvalue weighted by atomic mass is 14.9. The first-order valence-electron chi connectivity index (χ1n) is 4.67. The van der Waals surface area contributed by atoms with E-state index in [1.807, 2.05) is 24.5 Å². The lowest BCUT2D eigenvalue weighted by atomic mass is 10.2. The van der Waals surface area contributed by atoms with Crippen LogP contribution in [0.15, 0.2) is 42.9 Å². The Morgan fingerprint density at radius 1 is 1.21 bits per heavy atom. The minimum atomic E-state index is 1.05. The third-order valence-electron chi connectivity index (χ3n) is 2.49. The molecule has 3 rings (SSSR count). The average Bonchev–Trinajstić information content (AvgIpc) is 2.59. The molecule has 0 N–H and O–H groups in total. The van der Waals surface area contributed by atoms with Gasteiger partial charge in [0.25, 0.3) is 0 Å². The van der Waals surface area contributed by atoms with E-state index >= 15 is 0 Å². The Bertz CT molecular complexity index is 608. The number of hydrogen-bond donors (Lipinski definition) is 0. The molecule has 0 aliphatic carbocycles. The molecule has 0 saturated carbocycles. The number of para-hydroxylation sites is 1. The number of nitrogens with zero attached hydrogens (tertiary/aromatic N) is 2. The fourth-order valence-corrected chi connectivity index (χ4v) is 1.86. The van der Waals surface area contributed by atoms with Crippen LogP contribution in [0.2, 0.25) is 0 Å². The van der Waals surface area contributed by atoms with Gasteiger partial charge in [0, 0.05) is 11.6 Å². The van der Waals surface area contributed by atoms with E-state index in [9.17, 15) is 0 Å². The number of benzene rings is 1. The molecule has 3 aromatic rings. The Morgan fingerprint density at radius 3 is 3.00 bits per heavy atom. The summed E-state index contributed by atoms with van der Waals surface area (Å²) in [5.41, 5.74) is 3.55. The largest absolute Gasteiger partial charge is 0.307 e. The van der Waals surface area contributed by atoms with Gasteiger partial charge in [-0.05, 0) is 24.6 Å². The Kier molecular flexibility index (Phi) is 1.39. The first-order valence-corrected chi connectivity index (χ1v) is 4.67. The highest BCUT2D eigenvalue weighted by Crippen LogP contribution is 2.19. The van der Waals surface area contributed by atoms with Crippen LogP contribution in [0, 0.1) is 6.92 Å². The van der Waals surface area contributed by atoms with Gasteiger partial charge in [0.2, 0.25) is 0 Å². The number of aromatic nitrogens is 2. The molecule has 68 valence electrons. The molecule has 0 fully saturated rings. The summed E-state index contributed by atoms with van der Waals surface area (Å²) in [5, 5.41) is 1.21. The Morgan fingerprint density at radius 2 is 2.07 bits per heavy atom. The van der Waals surface area contributed by atoms with Crippen molar-refractivity contribution in [1.29, 1.82) is 0 Å². The third kappa shape index (κ3) is 0.940. The van der Waals surface area contributed by atoms with Crippen LogP contribution in [0.3, 0.4) is 0 Å². The minimum absolute atomic E-state index is 1.05. The van der Waals surface area contributed by atoms with Crippen molar-refractivity contribution >= 4 is 16.4 Å². The van der Waals surface area contributed by atoms with Gasteiger partial charge in [0.05, 0.1) is 17.4 Å². The molecule has 0 atom stereocenters. The summed E-state index contributed by atoms with van der Waals surface area (Å²) in [7, 11) is 0. The maximum atomic E-state index is 4.39. The molecule has 2 heterocycles. The SMILES string of the molecule is Cc1cc2c3ccccc3ncn2c1. The number of fused-ring (bicyclic) bond motifs is 3. The second kappa shape index (κ2) is 2.58. The molecule has 2 nitrogen and oxygen atoms in total. The molecular formula is C12H10N2. The van der Waals surface area contributed by atoms with Crippen molar-refractivity contribution in [2.45, 2.75) is 6.92 Å². The van der Waals surface area contributed by atoms with E-state index in [1.54, 1.807) is 0 Å². The van der Waals surface area contributed by atoms with Crippen molar-refractivity contribution in [3.63, 3.8) is 0 Å². The van der Waals surface area contributed by atoms with E-state index in [0.29, 0.717) is 0 Å². The normalized spacial score (nSPS) is 11.2. The van der Waals surface area contributed by atoms with Crippen molar-refractivity contribution in [2.24, 2.45) is 0 Å². The zero-order valence-electron chi connectivity index (χ0n) is 7.94. The van der Waals surface area contributed by atoms with Crippen molar-refractivity contribution < 1.29 is 0 Å². The lowest BCUT2D eigenvalue weighted by Gasteiger charge is -1.99. The lowest BCUT2D eigenvalue weighted by Crippen LogP contribution is -1.86. The average molecular weight is 182 g/mol. The van der Waals surface area contributed by atoms with Gasteiger partial charge in [-0.3, -0.25) is 0 Å². The van der Waals surface area contributed by atoms with Crippen LogP contribution >= 0.6 is 0 Å². The summed E-state index contributed by atoms with van der Waals surface area (Å²) in [4.78, 5) is 4.39. The fourth-order valence-electron chi connectivity index (χ4n) is 1.86. The van der Waals surface area contributed by atoms with Crippen LogP contribution in [0.5, 0.6) is 0 Å². The van der Waals surface area contributed by atoms with Gasteiger partial charge in [0.15, 0.2) is 0 Å². The summed E-state index contributed by atoms with van der Waals surface area (Å²) < 4.78 is 2.07. The highest BCUT2D eigenvalue weighted by Gasteiger charge is 2.01. The first kappa shape index (κ1) is 7.56. The lowest BCUT2D eigenvalue weighted by molar-refractivity contribution is 1.12. The van der Waals surface area contributed by atoms with Crippen molar-refractivity contribution in [3.8, 4) is 0 Å². The summed E-state index contributed by atoms with van der Waals surface area (Å²) in [6.45, 7) is 2.10. The van der Waals surface area contributed by atoms with E-state index < -0.39 is 0 Å². The molecule has 0 saturated heterocycles. The van der Waals surface area contributed by atoms with E-state index in [0.717, 1.165) is 5.52 Å². The maximum Gasteiger partial charge on any atom is 0.0998 e. The van der Waals surface area contributed by atoms with Gasteiger partial charge in [-0.1, -0.05) is 18.2 Å². The zero-order chi connectivity index (χ0) is 9.54. The van der Waals surface area contributed by atoms with Crippen LogP contribution in [-0.2, 0) is 0 Å². The topological polar surface area (TPSA) is 17.3 Å². The van der Waals surface area contributed by atoms with Gasteiger partial charge in [-0.2, -0.15) is 0 Å². The number of rotatable bonds is 0. The molecule has 0 radical (unpaired) electrons. The van der Waals surface area contributed by atoms with Crippen molar-refractivity contribution in [2.75, 3.05) is 0 Å². The predicted molar refractivity (Wildman–Crippen MR) is 57.4 cm³/mol. The van der Waals surface area contributed by atoms with Crippen molar-refractivity contribution in [1.82, 2.24) is 9.38 Å². The molecule has 2 heteroatoms. The third-order valence-corrected chi connectivity index (χ3v) is 2.49. The number of aryl methyl sites for hydroxylation is 1. The van der Waals surface area contributed by atoms with Crippen LogP contribution in [0.1, 0.15) is 5.56 Å². The molecule has 0 amide bonds. The zero-order valence-corrected chi connectivity index (χ0v) is 7.94. The smallest absolute Gasteiger partial charge is 0.0998 e. The van der Waals surface area contributed by atoms with Gasteiger partial charge in [-0.25, -0.2) is 4.98 Å². The van der Waals surface area contributed by atoms with Crippen LogP contribution in [0.25, 0.3) is 16.4 Å². The maximum absolute atomic E-state index is 4.39. The van der Waals surface area contributed by atoms with E-state index in [-0.39, 0.29) is 0 Å². The molecule has 0 unspecified atom stereocenters. The molecule has 0 bridgehead atoms.